The van der Waals surface area contributed by atoms with Gasteiger partial charge < -0.3 is 10.1 Å². The van der Waals surface area contributed by atoms with Crippen LogP contribution in [0.25, 0.3) is 22.3 Å². The molecule has 0 bridgehead atoms. The number of fused-ring (bicyclic) bond motifs is 5. The predicted molar refractivity (Wildman–Crippen MR) is 84.2 cm³/mol. The van der Waals surface area contributed by atoms with E-state index in [0.29, 0.717) is 12.2 Å². The fourth-order valence-electron chi connectivity index (χ4n) is 3.46. The summed E-state index contributed by atoms with van der Waals surface area (Å²) in [4.78, 5) is 15.1. The molecule has 0 saturated heterocycles. The molecule has 0 saturated carbocycles. The minimum Gasteiger partial charge on any atom is -0.477 e. The van der Waals surface area contributed by atoms with Crippen molar-refractivity contribution in [1.29, 1.82) is 0 Å². The highest BCUT2D eigenvalue weighted by atomic mass is 16.4. The second-order valence-electron chi connectivity index (χ2n) is 5.73. The summed E-state index contributed by atoms with van der Waals surface area (Å²) >= 11 is 0. The Bertz CT molecular complexity index is 889. The molecule has 1 aromatic carbocycles. The van der Waals surface area contributed by atoms with Crippen LogP contribution in [0.4, 0.5) is 0 Å². The molecule has 3 aromatic rings. The molecule has 2 N–H and O–H groups in total. The Morgan fingerprint density at radius 2 is 2.09 bits per heavy atom. The summed E-state index contributed by atoms with van der Waals surface area (Å²) in [7, 11) is 0. The van der Waals surface area contributed by atoms with Gasteiger partial charge in [0.05, 0.1) is 5.69 Å². The maximum Gasteiger partial charge on any atom is 0.354 e. The molecule has 0 spiro atoms. The molecule has 0 unspecified atom stereocenters. The SMILES string of the molecule is CCCn1nc2c(c1C(=O)O)CCc1c-2[nH]c2ccccc12. The number of hydrogen-bond acceptors (Lipinski definition) is 2. The average molecular weight is 295 g/mol. The number of hydrogen-bond donors (Lipinski definition) is 2. The molecule has 112 valence electrons. The van der Waals surface area contributed by atoms with Gasteiger partial charge in [0, 0.05) is 23.0 Å². The van der Waals surface area contributed by atoms with E-state index < -0.39 is 5.97 Å². The number of rotatable bonds is 3. The smallest absolute Gasteiger partial charge is 0.354 e. The number of carbonyl (C=O) groups is 1. The summed E-state index contributed by atoms with van der Waals surface area (Å²) in [5.74, 6) is -0.887. The van der Waals surface area contributed by atoms with Crippen LogP contribution in [-0.2, 0) is 19.4 Å². The predicted octanol–water partition coefficient (Wildman–Crippen LogP) is 3.24. The van der Waals surface area contributed by atoms with Crippen molar-refractivity contribution in [3.05, 3.63) is 41.1 Å². The Balaban J connectivity index is 1.98. The Labute approximate surface area is 127 Å². The molecule has 0 fully saturated rings. The summed E-state index contributed by atoms with van der Waals surface area (Å²) in [5, 5.41) is 15.4. The van der Waals surface area contributed by atoms with E-state index in [4.69, 9.17) is 0 Å². The average Bonchev–Trinajstić information content (AvgIpc) is 3.05. The third-order valence-electron chi connectivity index (χ3n) is 4.36. The summed E-state index contributed by atoms with van der Waals surface area (Å²) in [6, 6.07) is 8.19. The monoisotopic (exact) mass is 295 g/mol. The van der Waals surface area contributed by atoms with Gasteiger partial charge in [0.1, 0.15) is 11.4 Å². The number of aryl methyl sites for hydroxylation is 2. The van der Waals surface area contributed by atoms with E-state index in [1.54, 1.807) is 4.68 Å². The Kier molecular flexibility index (Phi) is 2.82. The summed E-state index contributed by atoms with van der Waals surface area (Å²) < 4.78 is 1.65. The number of nitrogens with one attached hydrogen (secondary N) is 1. The van der Waals surface area contributed by atoms with Crippen LogP contribution >= 0.6 is 0 Å². The topological polar surface area (TPSA) is 70.9 Å². The second kappa shape index (κ2) is 4.73. The van der Waals surface area contributed by atoms with Crippen LogP contribution in [0.2, 0.25) is 0 Å². The first-order valence-corrected chi connectivity index (χ1v) is 7.63. The lowest BCUT2D eigenvalue weighted by Gasteiger charge is -2.11. The lowest BCUT2D eigenvalue weighted by Crippen LogP contribution is -2.12. The number of nitrogens with zero attached hydrogens (tertiary/aromatic N) is 2. The van der Waals surface area contributed by atoms with Crippen molar-refractivity contribution in [3.8, 4) is 11.4 Å². The van der Waals surface area contributed by atoms with Gasteiger partial charge in [0.25, 0.3) is 0 Å². The van der Waals surface area contributed by atoms with Crippen molar-refractivity contribution in [2.45, 2.75) is 32.7 Å². The lowest BCUT2D eigenvalue weighted by atomic mass is 9.92. The minimum atomic E-state index is -0.887. The first kappa shape index (κ1) is 13.1. The van der Waals surface area contributed by atoms with E-state index in [1.165, 1.54) is 10.9 Å². The number of aromatic amines is 1. The maximum atomic E-state index is 11.6. The van der Waals surface area contributed by atoms with Gasteiger partial charge in [0.15, 0.2) is 0 Å². The van der Waals surface area contributed by atoms with Crippen LogP contribution in [0.15, 0.2) is 24.3 Å². The van der Waals surface area contributed by atoms with Crippen LogP contribution < -0.4 is 0 Å². The van der Waals surface area contributed by atoms with Gasteiger partial charge in [0.2, 0.25) is 0 Å². The quantitative estimate of drug-likeness (QED) is 0.779. The summed E-state index contributed by atoms with van der Waals surface area (Å²) in [5.41, 5.74) is 5.34. The highest BCUT2D eigenvalue weighted by Gasteiger charge is 2.29. The molecule has 1 aliphatic carbocycles. The van der Waals surface area contributed by atoms with Crippen molar-refractivity contribution < 1.29 is 9.90 Å². The van der Waals surface area contributed by atoms with Gasteiger partial charge in [-0.25, -0.2) is 4.79 Å². The fraction of sp³-hybridized carbons (Fsp3) is 0.294. The van der Waals surface area contributed by atoms with Crippen LogP contribution in [-0.4, -0.2) is 25.8 Å². The number of H-pyrrole nitrogens is 1. The third kappa shape index (κ3) is 1.71. The highest BCUT2D eigenvalue weighted by molar-refractivity contribution is 5.95. The Hall–Kier alpha value is -2.56. The van der Waals surface area contributed by atoms with Crippen LogP contribution in [0.1, 0.15) is 35.0 Å². The van der Waals surface area contributed by atoms with Crippen LogP contribution in [0, 0.1) is 0 Å². The molecule has 0 radical (unpaired) electrons. The molecular weight excluding hydrogens is 278 g/mol. The molecule has 0 atom stereocenters. The number of para-hydroxylation sites is 1. The van der Waals surface area contributed by atoms with Gasteiger partial charge in [-0.1, -0.05) is 25.1 Å². The van der Waals surface area contributed by atoms with E-state index >= 15 is 0 Å². The molecular formula is C17H17N3O2. The highest BCUT2D eigenvalue weighted by Crippen LogP contribution is 2.38. The molecule has 4 rings (SSSR count). The number of carboxylic acids is 1. The minimum absolute atomic E-state index is 0.348. The normalized spacial score (nSPS) is 13.1. The standard InChI is InChI=1S/C17H17N3O2/c1-2-9-20-16(17(21)22)12-8-7-11-10-5-3-4-6-13(10)18-14(11)15(12)19-20/h3-6,18H,2,7-9H2,1H3,(H,21,22). The van der Waals surface area contributed by atoms with Gasteiger partial charge in [-0.2, -0.15) is 5.10 Å². The largest absolute Gasteiger partial charge is 0.477 e. The van der Waals surface area contributed by atoms with Gasteiger partial charge in [-0.3, -0.25) is 4.68 Å². The number of carboxylic acid groups (broad SMARTS) is 1. The molecule has 0 amide bonds. The van der Waals surface area contributed by atoms with Gasteiger partial charge >= 0.3 is 5.97 Å². The number of benzene rings is 1. The molecule has 5 heteroatoms. The van der Waals surface area contributed by atoms with E-state index in [0.717, 1.165) is 41.7 Å². The first-order valence-electron chi connectivity index (χ1n) is 7.63. The third-order valence-corrected chi connectivity index (χ3v) is 4.36. The summed E-state index contributed by atoms with van der Waals surface area (Å²) in [6.07, 6.45) is 2.44. The van der Waals surface area contributed by atoms with E-state index in [2.05, 4.69) is 22.2 Å². The van der Waals surface area contributed by atoms with Gasteiger partial charge in [-0.05, 0) is 30.9 Å². The molecule has 2 heterocycles. The van der Waals surface area contributed by atoms with E-state index in [-0.39, 0.29) is 0 Å². The van der Waals surface area contributed by atoms with Crippen molar-refractivity contribution in [1.82, 2.24) is 14.8 Å². The van der Waals surface area contributed by atoms with Crippen molar-refractivity contribution in [2.24, 2.45) is 0 Å². The van der Waals surface area contributed by atoms with Crippen LogP contribution in [0.5, 0.6) is 0 Å². The molecule has 5 nitrogen and oxygen atoms in total. The van der Waals surface area contributed by atoms with Crippen LogP contribution in [0.3, 0.4) is 0 Å². The fourth-order valence-corrected chi connectivity index (χ4v) is 3.46. The van der Waals surface area contributed by atoms with Crippen molar-refractivity contribution in [2.75, 3.05) is 0 Å². The zero-order chi connectivity index (χ0) is 15.3. The zero-order valence-electron chi connectivity index (χ0n) is 12.4. The van der Waals surface area contributed by atoms with E-state index in [9.17, 15) is 9.90 Å². The van der Waals surface area contributed by atoms with Crippen molar-refractivity contribution >= 4 is 16.9 Å². The summed E-state index contributed by atoms with van der Waals surface area (Å²) in [6.45, 7) is 2.66. The second-order valence-corrected chi connectivity index (χ2v) is 5.73. The first-order chi connectivity index (χ1) is 10.7. The Morgan fingerprint density at radius 1 is 1.32 bits per heavy atom. The molecule has 2 aromatic heterocycles. The number of aromatic nitrogens is 3. The molecule has 0 aliphatic heterocycles. The lowest BCUT2D eigenvalue weighted by molar-refractivity contribution is 0.0682. The molecule has 22 heavy (non-hydrogen) atoms. The van der Waals surface area contributed by atoms with Crippen molar-refractivity contribution in [3.63, 3.8) is 0 Å². The zero-order valence-corrected chi connectivity index (χ0v) is 12.4. The van der Waals surface area contributed by atoms with E-state index in [1.807, 2.05) is 19.1 Å². The molecule has 1 aliphatic rings. The van der Waals surface area contributed by atoms with Gasteiger partial charge in [-0.15, -0.1) is 0 Å². The maximum absolute atomic E-state index is 11.6. The Morgan fingerprint density at radius 3 is 2.86 bits per heavy atom. The number of aromatic carboxylic acids is 1.